The van der Waals surface area contributed by atoms with Gasteiger partial charge in [0.25, 0.3) is 0 Å². The maximum Gasteiger partial charge on any atom is 0.0480 e. The number of hydrogen-bond donors (Lipinski definition) is 1. The summed E-state index contributed by atoms with van der Waals surface area (Å²) in [5.41, 5.74) is 2.66. The van der Waals surface area contributed by atoms with Crippen molar-refractivity contribution in [3.63, 3.8) is 0 Å². The first-order valence-electron chi connectivity index (χ1n) is 7.03. The van der Waals surface area contributed by atoms with Crippen LogP contribution in [-0.4, -0.2) is 11.1 Å². The van der Waals surface area contributed by atoms with Gasteiger partial charge >= 0.3 is 0 Å². The van der Waals surface area contributed by atoms with Gasteiger partial charge in [-0.05, 0) is 49.0 Å². The van der Waals surface area contributed by atoms with Gasteiger partial charge in [-0.15, -0.1) is 11.8 Å². The van der Waals surface area contributed by atoms with E-state index in [-0.39, 0.29) is 0 Å². The van der Waals surface area contributed by atoms with Crippen LogP contribution in [-0.2, 0) is 13.1 Å². The summed E-state index contributed by atoms with van der Waals surface area (Å²) in [7, 11) is 0. The maximum absolute atomic E-state index is 3.44. The van der Waals surface area contributed by atoms with Crippen molar-refractivity contribution in [3.8, 4) is 11.8 Å². The molecule has 0 radical (unpaired) electrons. The molecule has 0 unspecified atom stereocenters. The molecular formula is C17H22N2. The van der Waals surface area contributed by atoms with Crippen molar-refractivity contribution in [2.24, 2.45) is 0 Å². The first-order valence-corrected chi connectivity index (χ1v) is 7.03. The molecule has 0 bridgehead atoms. The van der Waals surface area contributed by atoms with Crippen LogP contribution < -0.4 is 5.32 Å². The number of nitrogens with one attached hydrogen (secondary N) is 1. The predicted octanol–water partition coefficient (Wildman–Crippen LogP) is 3.55. The van der Waals surface area contributed by atoms with E-state index in [0.29, 0.717) is 0 Å². The summed E-state index contributed by atoms with van der Waals surface area (Å²) in [6, 6.07) is 8.91. The third-order valence-electron chi connectivity index (χ3n) is 3.25. The van der Waals surface area contributed by atoms with E-state index in [1.165, 1.54) is 22.9 Å². The van der Waals surface area contributed by atoms with Crippen molar-refractivity contribution in [2.75, 3.05) is 6.54 Å². The molecule has 2 aromatic rings. The first kappa shape index (κ1) is 13.7. The summed E-state index contributed by atoms with van der Waals surface area (Å²) in [5, 5.41) is 4.76. The van der Waals surface area contributed by atoms with Crippen LogP contribution in [0.15, 0.2) is 30.5 Å². The van der Waals surface area contributed by atoms with Crippen LogP contribution in [0.5, 0.6) is 0 Å². The highest BCUT2D eigenvalue weighted by Gasteiger charge is 2.01. The molecule has 100 valence electrons. The minimum absolute atomic E-state index is 0.917. The average Bonchev–Trinajstić information content (AvgIpc) is 2.82. The molecule has 2 nitrogen and oxygen atoms in total. The Hall–Kier alpha value is -1.72. The number of hydrogen-bond acceptors (Lipinski definition) is 1. The highest BCUT2D eigenvalue weighted by molar-refractivity contribution is 5.80. The predicted molar refractivity (Wildman–Crippen MR) is 82.0 cm³/mol. The summed E-state index contributed by atoms with van der Waals surface area (Å²) < 4.78 is 2.28. The van der Waals surface area contributed by atoms with Gasteiger partial charge in [0.15, 0.2) is 0 Å². The molecule has 2 rings (SSSR count). The van der Waals surface area contributed by atoms with Crippen LogP contribution in [0.3, 0.4) is 0 Å². The fourth-order valence-electron chi connectivity index (χ4n) is 2.27. The van der Waals surface area contributed by atoms with Crippen molar-refractivity contribution >= 4 is 10.9 Å². The Morgan fingerprint density at radius 1 is 1.26 bits per heavy atom. The molecule has 0 amide bonds. The van der Waals surface area contributed by atoms with Gasteiger partial charge < -0.3 is 9.88 Å². The quantitative estimate of drug-likeness (QED) is 0.616. The van der Waals surface area contributed by atoms with Crippen molar-refractivity contribution in [2.45, 2.75) is 39.8 Å². The van der Waals surface area contributed by atoms with Crippen molar-refractivity contribution < 1.29 is 0 Å². The Labute approximate surface area is 115 Å². The molecule has 0 spiro atoms. The zero-order valence-electron chi connectivity index (χ0n) is 11.9. The van der Waals surface area contributed by atoms with Gasteiger partial charge in [0, 0.05) is 31.2 Å². The van der Waals surface area contributed by atoms with Crippen LogP contribution in [0, 0.1) is 11.8 Å². The van der Waals surface area contributed by atoms with E-state index < -0.39 is 0 Å². The molecule has 0 saturated heterocycles. The highest BCUT2D eigenvalue weighted by Crippen LogP contribution is 2.18. The summed E-state index contributed by atoms with van der Waals surface area (Å²) >= 11 is 0. The van der Waals surface area contributed by atoms with E-state index in [9.17, 15) is 0 Å². The first-order chi connectivity index (χ1) is 9.35. The van der Waals surface area contributed by atoms with Crippen LogP contribution >= 0.6 is 0 Å². The number of aryl methyl sites for hydroxylation is 1. The Morgan fingerprint density at radius 2 is 2.16 bits per heavy atom. The molecule has 0 atom stereocenters. The summed E-state index contributed by atoms with van der Waals surface area (Å²) in [6.45, 7) is 7.08. The molecule has 1 aromatic heterocycles. The Bertz CT molecular complexity index is 584. The maximum atomic E-state index is 3.44. The number of fused-ring (bicyclic) bond motifs is 1. The third kappa shape index (κ3) is 3.62. The topological polar surface area (TPSA) is 17.0 Å². The minimum atomic E-state index is 0.917. The van der Waals surface area contributed by atoms with Crippen LogP contribution in [0.4, 0.5) is 0 Å². The smallest absolute Gasteiger partial charge is 0.0480 e. The second kappa shape index (κ2) is 7.01. The fraction of sp³-hybridized carbons (Fsp3) is 0.412. The normalized spacial score (nSPS) is 10.4. The standard InChI is InChI=1S/C17H22N2/c1-3-5-6-11-19-12-9-16-13-15(7-8-17(16)19)14-18-10-4-2/h7-9,12-13,18H,4,6,10-11,14H2,1-2H3. The van der Waals surface area contributed by atoms with Gasteiger partial charge in [-0.2, -0.15) is 0 Å². The van der Waals surface area contributed by atoms with Crippen molar-refractivity contribution in [3.05, 3.63) is 36.0 Å². The zero-order valence-corrected chi connectivity index (χ0v) is 11.9. The number of benzene rings is 1. The Kier molecular flexibility index (Phi) is 5.06. The summed E-state index contributed by atoms with van der Waals surface area (Å²) in [5.74, 6) is 6.06. The second-order valence-electron chi connectivity index (χ2n) is 4.76. The molecule has 0 aliphatic rings. The third-order valence-corrected chi connectivity index (χ3v) is 3.25. The van der Waals surface area contributed by atoms with Gasteiger partial charge in [0.05, 0.1) is 0 Å². The van der Waals surface area contributed by atoms with E-state index in [1.807, 2.05) is 6.92 Å². The van der Waals surface area contributed by atoms with Gasteiger partial charge in [0.1, 0.15) is 0 Å². The van der Waals surface area contributed by atoms with E-state index in [0.717, 1.165) is 26.1 Å². The van der Waals surface area contributed by atoms with Gasteiger partial charge in [-0.25, -0.2) is 0 Å². The molecule has 0 aliphatic heterocycles. The largest absolute Gasteiger partial charge is 0.347 e. The monoisotopic (exact) mass is 254 g/mol. The lowest BCUT2D eigenvalue weighted by molar-refractivity contribution is 0.676. The lowest BCUT2D eigenvalue weighted by Gasteiger charge is -2.05. The second-order valence-corrected chi connectivity index (χ2v) is 4.76. The number of aromatic nitrogens is 1. The summed E-state index contributed by atoms with van der Waals surface area (Å²) in [6.07, 6.45) is 4.25. The Morgan fingerprint density at radius 3 is 2.95 bits per heavy atom. The van der Waals surface area contributed by atoms with E-state index >= 15 is 0 Å². The number of rotatable bonds is 6. The van der Waals surface area contributed by atoms with Gasteiger partial charge in [-0.3, -0.25) is 0 Å². The van der Waals surface area contributed by atoms with Crippen LogP contribution in [0.25, 0.3) is 10.9 Å². The lowest BCUT2D eigenvalue weighted by atomic mass is 10.1. The molecule has 1 N–H and O–H groups in total. The van der Waals surface area contributed by atoms with Gasteiger partial charge in [0.2, 0.25) is 0 Å². The summed E-state index contributed by atoms with van der Waals surface area (Å²) in [4.78, 5) is 0. The minimum Gasteiger partial charge on any atom is -0.347 e. The van der Waals surface area contributed by atoms with E-state index in [1.54, 1.807) is 0 Å². The molecule has 2 heteroatoms. The molecule has 19 heavy (non-hydrogen) atoms. The SMILES string of the molecule is CC#CCCn1ccc2cc(CNCCC)ccc21. The Balaban J connectivity index is 2.09. The van der Waals surface area contributed by atoms with E-state index in [2.05, 4.69) is 59.1 Å². The zero-order chi connectivity index (χ0) is 13.5. The molecule has 0 fully saturated rings. The van der Waals surface area contributed by atoms with Gasteiger partial charge in [-0.1, -0.05) is 13.0 Å². The molecular weight excluding hydrogens is 232 g/mol. The lowest BCUT2D eigenvalue weighted by Crippen LogP contribution is -2.13. The van der Waals surface area contributed by atoms with Crippen LogP contribution in [0.1, 0.15) is 32.3 Å². The molecule has 1 aromatic carbocycles. The molecule has 0 aliphatic carbocycles. The van der Waals surface area contributed by atoms with Crippen molar-refractivity contribution in [1.29, 1.82) is 0 Å². The van der Waals surface area contributed by atoms with Crippen LogP contribution in [0.2, 0.25) is 0 Å². The fourth-order valence-corrected chi connectivity index (χ4v) is 2.27. The average molecular weight is 254 g/mol. The molecule has 1 heterocycles. The molecule has 0 saturated carbocycles. The van der Waals surface area contributed by atoms with Crippen molar-refractivity contribution in [1.82, 2.24) is 9.88 Å². The van der Waals surface area contributed by atoms with E-state index in [4.69, 9.17) is 0 Å². The highest BCUT2D eigenvalue weighted by atomic mass is 14.9. The number of nitrogens with zero attached hydrogens (tertiary/aromatic N) is 1.